The van der Waals surface area contributed by atoms with Gasteiger partial charge in [-0.2, -0.15) is 0 Å². The molecule has 18 heavy (non-hydrogen) atoms. The fourth-order valence-corrected chi connectivity index (χ4v) is 2.43. The van der Waals surface area contributed by atoms with E-state index in [0.717, 1.165) is 13.2 Å². The van der Waals surface area contributed by atoms with Crippen molar-refractivity contribution in [2.75, 3.05) is 36.5 Å². The molecule has 0 radical (unpaired) electrons. The first-order valence-corrected chi connectivity index (χ1v) is 6.99. The highest BCUT2D eigenvalue weighted by Crippen LogP contribution is 2.28. The number of hydrogen-bond acceptors (Lipinski definition) is 3. The van der Waals surface area contributed by atoms with Crippen LogP contribution in [0.5, 0.6) is 0 Å². The lowest BCUT2D eigenvalue weighted by atomic mass is 10.2. The Balaban J connectivity index is 2.02. The minimum absolute atomic E-state index is 0.341. The van der Waals surface area contributed by atoms with Crippen LogP contribution in [0.1, 0.15) is 26.7 Å². The Morgan fingerprint density at radius 3 is 2.72 bits per heavy atom. The van der Waals surface area contributed by atoms with Crippen LogP contribution in [0, 0.1) is 0 Å². The standard InChI is InChI=1S/C15H24N2O/c1-3-18-12-13(2)16-14-8-4-5-9-15(14)17-10-6-7-11-17/h4-5,8-9,13,16H,3,6-7,10-12H2,1-2H3. The predicted octanol–water partition coefficient (Wildman–Crippen LogP) is 3.12. The molecule has 1 fully saturated rings. The van der Waals surface area contributed by atoms with Gasteiger partial charge < -0.3 is 15.0 Å². The number of benzene rings is 1. The summed E-state index contributed by atoms with van der Waals surface area (Å²) in [6, 6.07) is 8.92. The van der Waals surface area contributed by atoms with Crippen molar-refractivity contribution in [2.24, 2.45) is 0 Å². The molecule has 0 saturated carbocycles. The largest absolute Gasteiger partial charge is 0.380 e. The van der Waals surface area contributed by atoms with Gasteiger partial charge in [0, 0.05) is 25.7 Å². The minimum Gasteiger partial charge on any atom is -0.380 e. The molecular formula is C15H24N2O. The van der Waals surface area contributed by atoms with Crippen molar-refractivity contribution in [1.29, 1.82) is 0 Å². The van der Waals surface area contributed by atoms with E-state index in [2.05, 4.69) is 41.4 Å². The van der Waals surface area contributed by atoms with Crippen LogP contribution < -0.4 is 10.2 Å². The normalized spacial score (nSPS) is 16.9. The Labute approximate surface area is 110 Å². The molecule has 1 aromatic rings. The zero-order valence-corrected chi connectivity index (χ0v) is 11.5. The van der Waals surface area contributed by atoms with Crippen LogP contribution in [-0.2, 0) is 4.74 Å². The molecule has 100 valence electrons. The van der Waals surface area contributed by atoms with Gasteiger partial charge in [0.15, 0.2) is 0 Å². The first-order valence-electron chi connectivity index (χ1n) is 6.99. The summed E-state index contributed by atoms with van der Waals surface area (Å²) in [6.45, 7) is 8.09. The van der Waals surface area contributed by atoms with Crippen LogP contribution in [0.3, 0.4) is 0 Å². The molecule has 1 saturated heterocycles. The van der Waals surface area contributed by atoms with Gasteiger partial charge in [-0.15, -0.1) is 0 Å². The number of nitrogens with zero attached hydrogens (tertiary/aromatic N) is 1. The fourth-order valence-electron chi connectivity index (χ4n) is 2.43. The van der Waals surface area contributed by atoms with E-state index in [1.165, 1.54) is 37.3 Å². The minimum atomic E-state index is 0.341. The molecule has 3 nitrogen and oxygen atoms in total. The summed E-state index contributed by atoms with van der Waals surface area (Å²) < 4.78 is 5.46. The van der Waals surface area contributed by atoms with Gasteiger partial charge in [-0.25, -0.2) is 0 Å². The lowest BCUT2D eigenvalue weighted by molar-refractivity contribution is 0.141. The number of nitrogens with one attached hydrogen (secondary N) is 1. The molecule has 0 amide bonds. The zero-order chi connectivity index (χ0) is 12.8. The molecule has 1 atom stereocenters. The molecule has 1 unspecified atom stereocenters. The number of rotatable bonds is 6. The van der Waals surface area contributed by atoms with E-state index in [0.29, 0.717) is 6.04 Å². The lowest BCUT2D eigenvalue weighted by Gasteiger charge is -2.24. The Bertz CT molecular complexity index is 361. The SMILES string of the molecule is CCOCC(C)Nc1ccccc1N1CCCC1. The summed E-state index contributed by atoms with van der Waals surface area (Å²) in [5, 5.41) is 3.56. The summed E-state index contributed by atoms with van der Waals surface area (Å²) in [5.74, 6) is 0. The van der Waals surface area contributed by atoms with Crippen molar-refractivity contribution in [3.05, 3.63) is 24.3 Å². The number of para-hydroxylation sites is 2. The third-order valence-corrected chi connectivity index (χ3v) is 3.32. The van der Waals surface area contributed by atoms with Crippen molar-refractivity contribution in [1.82, 2.24) is 0 Å². The summed E-state index contributed by atoms with van der Waals surface area (Å²) in [7, 11) is 0. The fraction of sp³-hybridized carbons (Fsp3) is 0.600. The molecule has 2 rings (SSSR count). The van der Waals surface area contributed by atoms with Crippen molar-refractivity contribution < 1.29 is 4.74 Å². The molecule has 1 aliphatic rings. The Hall–Kier alpha value is -1.22. The van der Waals surface area contributed by atoms with Gasteiger partial charge in [-0.1, -0.05) is 12.1 Å². The Morgan fingerprint density at radius 2 is 2.00 bits per heavy atom. The van der Waals surface area contributed by atoms with Crippen molar-refractivity contribution in [2.45, 2.75) is 32.7 Å². The predicted molar refractivity (Wildman–Crippen MR) is 77.5 cm³/mol. The van der Waals surface area contributed by atoms with Gasteiger partial charge in [0.25, 0.3) is 0 Å². The second-order valence-electron chi connectivity index (χ2n) is 4.92. The van der Waals surface area contributed by atoms with Crippen LogP contribution >= 0.6 is 0 Å². The van der Waals surface area contributed by atoms with E-state index in [4.69, 9.17) is 4.74 Å². The van der Waals surface area contributed by atoms with Gasteiger partial charge in [-0.3, -0.25) is 0 Å². The van der Waals surface area contributed by atoms with Gasteiger partial charge in [0.2, 0.25) is 0 Å². The zero-order valence-electron chi connectivity index (χ0n) is 11.5. The summed E-state index contributed by atoms with van der Waals surface area (Å²) in [4.78, 5) is 2.47. The summed E-state index contributed by atoms with van der Waals surface area (Å²) >= 11 is 0. The highest BCUT2D eigenvalue weighted by atomic mass is 16.5. The van der Waals surface area contributed by atoms with E-state index in [1.807, 2.05) is 6.92 Å². The number of anilines is 2. The van der Waals surface area contributed by atoms with Crippen molar-refractivity contribution in [3.63, 3.8) is 0 Å². The maximum Gasteiger partial charge on any atom is 0.0664 e. The maximum atomic E-state index is 5.46. The van der Waals surface area contributed by atoms with Crippen LogP contribution in [0.4, 0.5) is 11.4 Å². The Morgan fingerprint density at radius 1 is 1.28 bits per heavy atom. The van der Waals surface area contributed by atoms with Gasteiger partial charge in [-0.05, 0) is 38.8 Å². The van der Waals surface area contributed by atoms with E-state index >= 15 is 0 Å². The highest BCUT2D eigenvalue weighted by Gasteiger charge is 2.16. The number of hydrogen-bond donors (Lipinski definition) is 1. The van der Waals surface area contributed by atoms with Gasteiger partial charge >= 0.3 is 0 Å². The Kier molecular flexibility index (Phi) is 4.88. The third-order valence-electron chi connectivity index (χ3n) is 3.32. The van der Waals surface area contributed by atoms with Crippen molar-refractivity contribution >= 4 is 11.4 Å². The van der Waals surface area contributed by atoms with Crippen LogP contribution in [0.15, 0.2) is 24.3 Å². The monoisotopic (exact) mass is 248 g/mol. The summed E-state index contributed by atoms with van der Waals surface area (Å²) in [6.07, 6.45) is 2.62. The average Bonchev–Trinajstić information content (AvgIpc) is 2.91. The molecule has 0 aromatic heterocycles. The highest BCUT2D eigenvalue weighted by molar-refractivity contribution is 5.70. The molecule has 1 heterocycles. The second kappa shape index (κ2) is 6.64. The molecule has 1 aliphatic heterocycles. The van der Waals surface area contributed by atoms with Crippen molar-refractivity contribution in [3.8, 4) is 0 Å². The van der Waals surface area contributed by atoms with Crippen LogP contribution in [0.25, 0.3) is 0 Å². The summed E-state index contributed by atoms with van der Waals surface area (Å²) in [5.41, 5.74) is 2.56. The average molecular weight is 248 g/mol. The molecule has 0 bridgehead atoms. The smallest absolute Gasteiger partial charge is 0.0664 e. The van der Waals surface area contributed by atoms with Gasteiger partial charge in [0.1, 0.15) is 0 Å². The van der Waals surface area contributed by atoms with Crippen LogP contribution in [-0.4, -0.2) is 32.3 Å². The maximum absolute atomic E-state index is 5.46. The number of ether oxygens (including phenoxy) is 1. The quantitative estimate of drug-likeness (QED) is 0.837. The molecule has 3 heteroatoms. The third kappa shape index (κ3) is 3.39. The first kappa shape index (κ1) is 13.2. The second-order valence-corrected chi connectivity index (χ2v) is 4.92. The van der Waals surface area contributed by atoms with E-state index < -0.39 is 0 Å². The van der Waals surface area contributed by atoms with E-state index in [1.54, 1.807) is 0 Å². The lowest BCUT2D eigenvalue weighted by Crippen LogP contribution is -2.25. The van der Waals surface area contributed by atoms with E-state index in [9.17, 15) is 0 Å². The van der Waals surface area contributed by atoms with Crippen LogP contribution in [0.2, 0.25) is 0 Å². The topological polar surface area (TPSA) is 24.5 Å². The van der Waals surface area contributed by atoms with E-state index in [-0.39, 0.29) is 0 Å². The van der Waals surface area contributed by atoms with Gasteiger partial charge in [0.05, 0.1) is 18.0 Å². The molecule has 0 spiro atoms. The molecule has 0 aliphatic carbocycles. The molecule has 1 N–H and O–H groups in total. The molecular weight excluding hydrogens is 224 g/mol. The molecule has 1 aromatic carbocycles. The first-order chi connectivity index (χ1) is 8.81.